The van der Waals surface area contributed by atoms with Gasteiger partial charge >= 0.3 is 0 Å². The molecule has 5 nitrogen and oxygen atoms in total. The first kappa shape index (κ1) is 11.9. The van der Waals surface area contributed by atoms with Crippen LogP contribution < -0.4 is 5.73 Å². The van der Waals surface area contributed by atoms with Gasteiger partial charge in [0, 0.05) is 6.54 Å². The summed E-state index contributed by atoms with van der Waals surface area (Å²) in [5, 5.41) is 0. The van der Waals surface area contributed by atoms with Crippen LogP contribution in [0.25, 0.3) is 11.0 Å². The second kappa shape index (κ2) is 3.82. The normalized spacial score (nSPS) is 29.4. The van der Waals surface area contributed by atoms with Crippen LogP contribution in [0.4, 0.5) is 0 Å². The van der Waals surface area contributed by atoms with Gasteiger partial charge in [0.2, 0.25) is 0 Å². The predicted molar refractivity (Wildman–Crippen MR) is 76.3 cm³/mol. The summed E-state index contributed by atoms with van der Waals surface area (Å²) in [5.41, 5.74) is 7.56. The number of primary amides is 1. The maximum Gasteiger partial charge on any atom is 0.250 e. The van der Waals surface area contributed by atoms with Crippen LogP contribution in [0, 0.1) is 5.92 Å². The van der Waals surface area contributed by atoms with E-state index >= 15 is 0 Å². The number of amides is 1. The summed E-state index contributed by atoms with van der Waals surface area (Å²) < 4.78 is 0. The van der Waals surface area contributed by atoms with Gasteiger partial charge in [-0.2, -0.15) is 0 Å². The molecule has 3 N–H and O–H groups in total. The van der Waals surface area contributed by atoms with Crippen LogP contribution in [-0.2, 0) is 5.54 Å². The van der Waals surface area contributed by atoms with E-state index in [0.29, 0.717) is 11.1 Å². The van der Waals surface area contributed by atoms with Crippen LogP contribution >= 0.6 is 0 Å². The van der Waals surface area contributed by atoms with E-state index in [4.69, 9.17) is 10.7 Å². The number of likely N-dealkylation sites (tertiary alicyclic amines) is 1. The van der Waals surface area contributed by atoms with Crippen molar-refractivity contribution < 1.29 is 4.79 Å². The fraction of sp³-hybridized carbons (Fsp3) is 0.467. The van der Waals surface area contributed by atoms with Crippen LogP contribution in [0.15, 0.2) is 18.2 Å². The minimum Gasteiger partial charge on any atom is -0.366 e. The molecule has 2 fully saturated rings. The average molecular weight is 270 g/mol. The second-order valence-corrected chi connectivity index (χ2v) is 6.17. The lowest BCUT2D eigenvalue weighted by molar-refractivity contribution is 0.100. The summed E-state index contributed by atoms with van der Waals surface area (Å²) >= 11 is 0. The van der Waals surface area contributed by atoms with Crippen molar-refractivity contribution in [2.45, 2.75) is 24.8 Å². The Morgan fingerprint density at radius 2 is 2.40 bits per heavy atom. The third kappa shape index (κ3) is 1.41. The number of carbonyl (C=O) groups excluding carboxylic acids is 1. The number of aromatic nitrogens is 2. The highest BCUT2D eigenvalue weighted by atomic mass is 16.1. The molecule has 104 valence electrons. The van der Waals surface area contributed by atoms with Gasteiger partial charge < -0.3 is 10.7 Å². The van der Waals surface area contributed by atoms with Crippen LogP contribution in [0.2, 0.25) is 0 Å². The molecule has 4 rings (SSSR count). The van der Waals surface area contributed by atoms with E-state index in [0.717, 1.165) is 36.6 Å². The Labute approximate surface area is 117 Å². The number of para-hydroxylation sites is 1. The van der Waals surface area contributed by atoms with E-state index in [2.05, 4.69) is 16.9 Å². The van der Waals surface area contributed by atoms with Gasteiger partial charge in [-0.05, 0) is 44.4 Å². The second-order valence-electron chi connectivity index (χ2n) is 6.17. The first-order valence-corrected chi connectivity index (χ1v) is 7.10. The molecule has 1 saturated heterocycles. The predicted octanol–water partition coefficient (Wildman–Crippen LogP) is 1.60. The highest BCUT2D eigenvalue weighted by molar-refractivity contribution is 6.04. The number of hydrogen-bond donors (Lipinski definition) is 2. The molecule has 1 aliphatic heterocycles. The summed E-state index contributed by atoms with van der Waals surface area (Å²) in [6.07, 6.45) is 3.57. The number of nitrogens with zero attached hydrogens (tertiary/aromatic N) is 2. The molecule has 0 spiro atoms. The van der Waals surface area contributed by atoms with Crippen molar-refractivity contribution >= 4 is 16.9 Å². The number of benzene rings is 1. The smallest absolute Gasteiger partial charge is 0.250 e. The molecule has 20 heavy (non-hydrogen) atoms. The molecular formula is C15H18N4O. The molecule has 0 unspecified atom stereocenters. The fourth-order valence-corrected chi connectivity index (χ4v) is 4.04. The zero-order valence-corrected chi connectivity index (χ0v) is 11.5. The van der Waals surface area contributed by atoms with Crippen molar-refractivity contribution in [1.29, 1.82) is 0 Å². The number of rotatable bonds is 2. The zero-order valence-electron chi connectivity index (χ0n) is 11.5. The third-order valence-corrected chi connectivity index (χ3v) is 5.07. The van der Waals surface area contributed by atoms with Crippen LogP contribution in [0.3, 0.4) is 0 Å². The van der Waals surface area contributed by atoms with Gasteiger partial charge in [-0.15, -0.1) is 0 Å². The standard InChI is InChI=1S/C15H18N4O/c1-19-8-9-5-6-15(19,7-9)14-17-11-4-2-3-10(13(16)20)12(11)18-14/h2-4,9H,5-8H2,1H3,(H2,16,20)(H,17,18)/t9-,15-/m1/s1. The van der Waals surface area contributed by atoms with Gasteiger partial charge in [-0.1, -0.05) is 6.07 Å². The number of fused-ring (bicyclic) bond motifs is 3. The first-order chi connectivity index (χ1) is 9.60. The Hall–Kier alpha value is -1.88. The number of H-pyrrole nitrogens is 1. The lowest BCUT2D eigenvalue weighted by Gasteiger charge is -2.34. The van der Waals surface area contributed by atoms with Crippen molar-refractivity contribution in [3.63, 3.8) is 0 Å². The van der Waals surface area contributed by atoms with Crippen LogP contribution in [0.5, 0.6) is 0 Å². The summed E-state index contributed by atoms with van der Waals surface area (Å²) in [6, 6.07) is 5.54. The van der Waals surface area contributed by atoms with Crippen molar-refractivity contribution in [3.8, 4) is 0 Å². The van der Waals surface area contributed by atoms with Crippen LogP contribution in [-0.4, -0.2) is 34.4 Å². The highest BCUT2D eigenvalue weighted by Crippen LogP contribution is 2.51. The van der Waals surface area contributed by atoms with Crippen molar-refractivity contribution in [2.75, 3.05) is 13.6 Å². The molecule has 1 amide bonds. The monoisotopic (exact) mass is 270 g/mol. The van der Waals surface area contributed by atoms with E-state index < -0.39 is 5.91 Å². The number of imidazole rings is 1. The molecule has 2 bridgehead atoms. The number of nitrogens with one attached hydrogen (secondary N) is 1. The van der Waals surface area contributed by atoms with Crippen molar-refractivity contribution in [2.24, 2.45) is 11.7 Å². The number of carbonyl (C=O) groups is 1. The van der Waals surface area contributed by atoms with Gasteiger partial charge in [0.15, 0.2) is 0 Å². The maximum atomic E-state index is 11.5. The van der Waals surface area contributed by atoms with Gasteiger partial charge in [0.25, 0.3) is 5.91 Å². The number of aromatic amines is 1. The minimum atomic E-state index is -0.421. The Kier molecular flexibility index (Phi) is 2.27. The molecule has 1 aromatic heterocycles. The molecule has 1 aliphatic carbocycles. The Bertz CT molecular complexity index is 707. The van der Waals surface area contributed by atoms with Gasteiger partial charge in [-0.3, -0.25) is 9.69 Å². The lowest BCUT2D eigenvalue weighted by atomic mass is 9.96. The minimum absolute atomic E-state index is 0.0264. The summed E-state index contributed by atoms with van der Waals surface area (Å²) in [6.45, 7) is 1.14. The van der Waals surface area contributed by atoms with E-state index in [1.165, 1.54) is 6.42 Å². The van der Waals surface area contributed by atoms with E-state index in [1.807, 2.05) is 12.1 Å². The third-order valence-electron chi connectivity index (χ3n) is 5.07. The number of hydrogen-bond acceptors (Lipinski definition) is 3. The molecule has 0 radical (unpaired) electrons. The maximum absolute atomic E-state index is 11.5. The zero-order chi connectivity index (χ0) is 13.9. The van der Waals surface area contributed by atoms with Gasteiger partial charge in [0.05, 0.1) is 16.6 Å². The lowest BCUT2D eigenvalue weighted by Crippen LogP contribution is -2.40. The molecule has 2 heterocycles. The van der Waals surface area contributed by atoms with E-state index in [9.17, 15) is 4.79 Å². The number of nitrogens with two attached hydrogens (primary N) is 1. The highest BCUT2D eigenvalue weighted by Gasteiger charge is 2.51. The van der Waals surface area contributed by atoms with Crippen molar-refractivity contribution in [3.05, 3.63) is 29.6 Å². The Morgan fingerprint density at radius 1 is 1.55 bits per heavy atom. The number of piperidine rings is 1. The molecule has 1 saturated carbocycles. The van der Waals surface area contributed by atoms with E-state index in [1.54, 1.807) is 6.07 Å². The fourth-order valence-electron chi connectivity index (χ4n) is 4.04. The van der Waals surface area contributed by atoms with E-state index in [-0.39, 0.29) is 5.54 Å². The molecule has 5 heteroatoms. The Morgan fingerprint density at radius 3 is 3.05 bits per heavy atom. The molecule has 2 aliphatic rings. The molecular weight excluding hydrogens is 252 g/mol. The summed E-state index contributed by atoms with van der Waals surface area (Å²) in [7, 11) is 2.17. The summed E-state index contributed by atoms with van der Waals surface area (Å²) in [4.78, 5) is 22.1. The first-order valence-electron chi connectivity index (χ1n) is 7.10. The topological polar surface area (TPSA) is 75.0 Å². The molecule has 2 aromatic rings. The Balaban J connectivity index is 1.90. The summed E-state index contributed by atoms with van der Waals surface area (Å²) in [5.74, 6) is 1.35. The van der Waals surface area contributed by atoms with Crippen molar-refractivity contribution in [1.82, 2.24) is 14.9 Å². The average Bonchev–Trinajstić information content (AvgIpc) is 3.08. The molecule has 1 aromatic carbocycles. The van der Waals surface area contributed by atoms with Crippen LogP contribution in [0.1, 0.15) is 35.4 Å². The SMILES string of the molecule is CN1C[C@@H]2CC[C@]1(c1nc3c(C(N)=O)cccc3[nH]1)C2. The van der Waals surface area contributed by atoms with Gasteiger partial charge in [0.1, 0.15) is 11.3 Å². The molecule has 2 atom stereocenters. The largest absolute Gasteiger partial charge is 0.366 e. The van der Waals surface area contributed by atoms with Gasteiger partial charge in [-0.25, -0.2) is 4.98 Å². The quantitative estimate of drug-likeness (QED) is 0.870.